The monoisotopic (exact) mass is 285 g/mol. The molecular weight excluding hydrogens is 273 g/mol. The van der Waals surface area contributed by atoms with Crippen LogP contribution in [0.15, 0.2) is 22.7 Å². The summed E-state index contributed by atoms with van der Waals surface area (Å²) in [6, 6.07) is 5.14. The summed E-state index contributed by atoms with van der Waals surface area (Å²) in [5.74, 6) is 0.994. The Bertz CT molecular complexity index is 522. The van der Waals surface area contributed by atoms with E-state index in [1.165, 1.54) is 0 Å². The van der Waals surface area contributed by atoms with Crippen LogP contribution >= 0.6 is 23.2 Å². The summed E-state index contributed by atoms with van der Waals surface area (Å²) in [4.78, 5) is 4.28. The molecule has 0 aliphatic rings. The van der Waals surface area contributed by atoms with Gasteiger partial charge in [0, 0.05) is 28.1 Å². The van der Waals surface area contributed by atoms with Gasteiger partial charge in [-0.25, -0.2) is 0 Å². The van der Waals surface area contributed by atoms with Crippen molar-refractivity contribution in [1.82, 2.24) is 10.1 Å². The van der Waals surface area contributed by atoms with E-state index in [0.29, 0.717) is 33.7 Å². The maximum Gasteiger partial charge on any atom is 0.258 e. The highest BCUT2D eigenvalue weighted by Gasteiger charge is 2.12. The van der Waals surface area contributed by atoms with Gasteiger partial charge in [-0.3, -0.25) is 0 Å². The van der Waals surface area contributed by atoms with Crippen molar-refractivity contribution in [1.29, 1.82) is 0 Å². The first kappa shape index (κ1) is 13.3. The van der Waals surface area contributed by atoms with Gasteiger partial charge < -0.3 is 10.3 Å². The Morgan fingerprint density at radius 3 is 2.56 bits per heavy atom. The molecule has 2 rings (SSSR count). The predicted octanol–water partition coefficient (Wildman–Crippen LogP) is 3.32. The molecule has 0 radical (unpaired) electrons. The number of hydrogen-bond acceptors (Lipinski definition) is 4. The Morgan fingerprint density at radius 2 is 1.94 bits per heavy atom. The zero-order valence-electron chi connectivity index (χ0n) is 9.86. The van der Waals surface area contributed by atoms with Gasteiger partial charge in [-0.15, -0.1) is 0 Å². The normalized spacial score (nSPS) is 12.7. The highest BCUT2D eigenvalue weighted by atomic mass is 35.5. The number of rotatable bonds is 4. The predicted molar refractivity (Wildman–Crippen MR) is 71.7 cm³/mol. The van der Waals surface area contributed by atoms with Gasteiger partial charge in [0.25, 0.3) is 5.89 Å². The second kappa shape index (κ2) is 5.69. The first-order chi connectivity index (χ1) is 8.58. The van der Waals surface area contributed by atoms with E-state index in [0.717, 1.165) is 6.42 Å². The summed E-state index contributed by atoms with van der Waals surface area (Å²) in [5, 5.41) is 4.95. The van der Waals surface area contributed by atoms with Crippen molar-refractivity contribution in [2.24, 2.45) is 5.73 Å². The molecule has 96 valence electrons. The Balaban J connectivity index is 2.23. The largest absolute Gasteiger partial charge is 0.334 e. The fourth-order valence-electron chi connectivity index (χ4n) is 1.51. The number of nitrogens with zero attached hydrogens (tertiary/aromatic N) is 2. The van der Waals surface area contributed by atoms with Gasteiger partial charge in [0.15, 0.2) is 5.82 Å². The van der Waals surface area contributed by atoms with Gasteiger partial charge in [0.1, 0.15) is 0 Å². The van der Waals surface area contributed by atoms with Crippen molar-refractivity contribution in [2.75, 3.05) is 0 Å². The minimum atomic E-state index is 0.0402. The molecule has 1 aromatic heterocycles. The summed E-state index contributed by atoms with van der Waals surface area (Å²) >= 11 is 11.8. The van der Waals surface area contributed by atoms with Crippen molar-refractivity contribution in [2.45, 2.75) is 25.8 Å². The number of benzene rings is 1. The molecule has 2 N–H and O–H groups in total. The quantitative estimate of drug-likeness (QED) is 0.936. The summed E-state index contributed by atoms with van der Waals surface area (Å²) in [6.45, 7) is 2.02. The summed E-state index contributed by atoms with van der Waals surface area (Å²) in [6.07, 6.45) is 1.46. The van der Waals surface area contributed by atoms with Crippen LogP contribution in [0.25, 0.3) is 11.5 Å². The van der Waals surface area contributed by atoms with Crippen molar-refractivity contribution in [3.8, 4) is 11.5 Å². The summed E-state index contributed by atoms with van der Waals surface area (Å²) < 4.78 is 5.17. The average Bonchev–Trinajstić information content (AvgIpc) is 2.76. The topological polar surface area (TPSA) is 64.9 Å². The minimum Gasteiger partial charge on any atom is -0.334 e. The molecule has 0 fully saturated rings. The Hall–Kier alpha value is -1.10. The third kappa shape index (κ3) is 3.22. The molecule has 0 amide bonds. The van der Waals surface area contributed by atoms with E-state index in [1.807, 2.05) is 6.92 Å². The fraction of sp³-hybridized carbons (Fsp3) is 0.333. The van der Waals surface area contributed by atoms with Crippen LogP contribution < -0.4 is 5.73 Å². The van der Waals surface area contributed by atoms with Crippen molar-refractivity contribution < 1.29 is 4.52 Å². The molecule has 1 atom stereocenters. The van der Waals surface area contributed by atoms with Gasteiger partial charge in [-0.05, 0) is 24.6 Å². The summed E-state index contributed by atoms with van der Waals surface area (Å²) in [5.41, 5.74) is 6.54. The SMILES string of the molecule is CCC(N)Cc1noc(-c2cc(Cl)cc(Cl)c2)n1. The number of aromatic nitrogens is 2. The zero-order valence-corrected chi connectivity index (χ0v) is 11.4. The van der Waals surface area contributed by atoms with Crippen LogP contribution in [0.4, 0.5) is 0 Å². The minimum absolute atomic E-state index is 0.0402. The molecule has 2 aromatic rings. The molecule has 0 spiro atoms. The van der Waals surface area contributed by atoms with Crippen molar-refractivity contribution >= 4 is 23.2 Å². The van der Waals surface area contributed by atoms with Crippen LogP contribution in [0.1, 0.15) is 19.2 Å². The van der Waals surface area contributed by atoms with E-state index >= 15 is 0 Å². The smallest absolute Gasteiger partial charge is 0.258 e. The maximum absolute atomic E-state index is 5.92. The Morgan fingerprint density at radius 1 is 1.28 bits per heavy atom. The Kier molecular flexibility index (Phi) is 4.22. The fourth-order valence-corrected chi connectivity index (χ4v) is 2.04. The maximum atomic E-state index is 5.92. The van der Waals surface area contributed by atoms with Gasteiger partial charge in [0.05, 0.1) is 0 Å². The van der Waals surface area contributed by atoms with Crippen molar-refractivity contribution in [3.63, 3.8) is 0 Å². The number of hydrogen-bond donors (Lipinski definition) is 1. The Labute approximate surface area is 115 Å². The van der Waals surface area contributed by atoms with Crippen LogP contribution in [0.3, 0.4) is 0 Å². The van der Waals surface area contributed by atoms with Gasteiger partial charge >= 0.3 is 0 Å². The van der Waals surface area contributed by atoms with Crippen LogP contribution in [0.5, 0.6) is 0 Å². The van der Waals surface area contributed by atoms with Crippen LogP contribution in [-0.2, 0) is 6.42 Å². The summed E-state index contributed by atoms with van der Waals surface area (Å²) in [7, 11) is 0. The molecule has 1 aromatic carbocycles. The van der Waals surface area contributed by atoms with Crippen LogP contribution in [0.2, 0.25) is 10.0 Å². The van der Waals surface area contributed by atoms with Crippen molar-refractivity contribution in [3.05, 3.63) is 34.1 Å². The van der Waals surface area contributed by atoms with Gasteiger partial charge in [-0.1, -0.05) is 35.3 Å². The van der Waals surface area contributed by atoms with Crippen LogP contribution in [-0.4, -0.2) is 16.2 Å². The average molecular weight is 286 g/mol. The molecule has 0 aliphatic carbocycles. The van der Waals surface area contributed by atoms with E-state index in [-0.39, 0.29) is 6.04 Å². The van der Waals surface area contributed by atoms with E-state index in [1.54, 1.807) is 18.2 Å². The van der Waals surface area contributed by atoms with Gasteiger partial charge in [0.2, 0.25) is 0 Å². The third-order valence-electron chi connectivity index (χ3n) is 2.55. The lowest BCUT2D eigenvalue weighted by Gasteiger charge is -2.02. The highest BCUT2D eigenvalue weighted by Crippen LogP contribution is 2.26. The molecular formula is C12H13Cl2N3O. The number of halogens is 2. The second-order valence-corrected chi connectivity index (χ2v) is 4.92. The molecule has 0 aliphatic heterocycles. The lowest BCUT2D eigenvalue weighted by Crippen LogP contribution is -2.21. The van der Waals surface area contributed by atoms with Crippen LogP contribution in [0, 0.1) is 0 Å². The molecule has 4 nitrogen and oxygen atoms in total. The lowest BCUT2D eigenvalue weighted by atomic mass is 10.1. The molecule has 0 bridgehead atoms. The highest BCUT2D eigenvalue weighted by molar-refractivity contribution is 6.35. The third-order valence-corrected chi connectivity index (χ3v) is 2.98. The lowest BCUT2D eigenvalue weighted by molar-refractivity contribution is 0.419. The molecule has 1 heterocycles. The van der Waals surface area contributed by atoms with E-state index in [9.17, 15) is 0 Å². The van der Waals surface area contributed by atoms with E-state index < -0.39 is 0 Å². The molecule has 6 heteroatoms. The molecule has 18 heavy (non-hydrogen) atoms. The first-order valence-corrected chi connectivity index (χ1v) is 6.38. The second-order valence-electron chi connectivity index (χ2n) is 4.05. The zero-order chi connectivity index (χ0) is 13.1. The molecule has 0 saturated heterocycles. The van der Waals surface area contributed by atoms with E-state index in [2.05, 4.69) is 10.1 Å². The first-order valence-electron chi connectivity index (χ1n) is 5.63. The number of nitrogens with two attached hydrogens (primary N) is 1. The standard InChI is InChI=1S/C12H13Cl2N3O/c1-2-10(15)6-11-16-12(18-17-11)7-3-8(13)5-9(14)4-7/h3-5,10H,2,6,15H2,1H3. The molecule has 0 saturated carbocycles. The van der Waals surface area contributed by atoms with Gasteiger partial charge in [-0.2, -0.15) is 4.98 Å². The van der Waals surface area contributed by atoms with E-state index in [4.69, 9.17) is 33.5 Å². The molecule has 1 unspecified atom stereocenters.